The Balaban J connectivity index is 2.27. The second-order valence-electron chi connectivity index (χ2n) is 4.72. The van der Waals surface area contributed by atoms with Crippen molar-refractivity contribution in [2.75, 3.05) is 18.8 Å². The zero-order chi connectivity index (χ0) is 12.0. The molecular weight excluding hydrogens is 214 g/mol. The first-order valence-corrected chi connectivity index (χ1v) is 6.99. The number of nitrogens with one attached hydrogen (secondary N) is 1. The maximum Gasteiger partial charge on any atom is 0.0106 e. The van der Waals surface area contributed by atoms with Gasteiger partial charge < -0.3 is 5.32 Å². The molecule has 0 spiro atoms. The Morgan fingerprint density at radius 3 is 2.62 bits per heavy atom. The summed E-state index contributed by atoms with van der Waals surface area (Å²) in [7, 11) is 0. The molecule has 0 radical (unpaired) electrons. The van der Waals surface area contributed by atoms with Gasteiger partial charge in [0, 0.05) is 17.2 Å². The van der Waals surface area contributed by atoms with Gasteiger partial charge in [-0.15, -0.1) is 11.8 Å². The van der Waals surface area contributed by atoms with Crippen LogP contribution in [0.1, 0.15) is 25.0 Å². The van der Waals surface area contributed by atoms with Crippen molar-refractivity contribution in [3.05, 3.63) is 29.3 Å². The van der Waals surface area contributed by atoms with Crippen molar-refractivity contribution in [1.82, 2.24) is 5.32 Å². The van der Waals surface area contributed by atoms with Gasteiger partial charge in [0.25, 0.3) is 0 Å². The van der Waals surface area contributed by atoms with E-state index in [9.17, 15) is 0 Å². The van der Waals surface area contributed by atoms with Gasteiger partial charge in [-0.05, 0) is 37.9 Å². The zero-order valence-electron chi connectivity index (χ0n) is 10.8. The monoisotopic (exact) mass is 237 g/mol. The fourth-order valence-corrected chi connectivity index (χ4v) is 2.50. The van der Waals surface area contributed by atoms with Gasteiger partial charge in [-0.1, -0.05) is 31.5 Å². The first-order valence-electron chi connectivity index (χ1n) is 6.00. The van der Waals surface area contributed by atoms with Crippen LogP contribution in [-0.2, 0) is 0 Å². The molecule has 0 aliphatic rings. The molecule has 0 bridgehead atoms. The molecule has 0 unspecified atom stereocenters. The maximum atomic E-state index is 3.47. The van der Waals surface area contributed by atoms with E-state index in [-0.39, 0.29) is 0 Å². The van der Waals surface area contributed by atoms with Crippen LogP contribution in [0.4, 0.5) is 0 Å². The third-order valence-electron chi connectivity index (χ3n) is 2.42. The summed E-state index contributed by atoms with van der Waals surface area (Å²) < 4.78 is 0. The first-order chi connectivity index (χ1) is 7.59. The lowest BCUT2D eigenvalue weighted by molar-refractivity contribution is 0.568. The molecule has 0 heterocycles. The van der Waals surface area contributed by atoms with Crippen LogP contribution in [-0.4, -0.2) is 18.8 Å². The third kappa shape index (κ3) is 5.04. The predicted molar refractivity (Wildman–Crippen MR) is 74.3 cm³/mol. The van der Waals surface area contributed by atoms with Crippen molar-refractivity contribution >= 4 is 11.8 Å². The molecule has 90 valence electrons. The molecule has 0 saturated heterocycles. The standard InChI is InChI=1S/C14H23NS/c1-11(2)10-15-7-8-16-14-6-5-12(3)9-13(14)4/h5-6,9,11,15H,7-8,10H2,1-4H3. The minimum Gasteiger partial charge on any atom is -0.316 e. The highest BCUT2D eigenvalue weighted by Gasteiger charge is 1.99. The van der Waals surface area contributed by atoms with Crippen molar-refractivity contribution in [3.8, 4) is 0 Å². The summed E-state index contributed by atoms with van der Waals surface area (Å²) in [6.07, 6.45) is 0. The van der Waals surface area contributed by atoms with Gasteiger partial charge in [0.05, 0.1) is 0 Å². The Morgan fingerprint density at radius 2 is 2.00 bits per heavy atom. The predicted octanol–water partition coefficient (Wildman–Crippen LogP) is 3.64. The first kappa shape index (κ1) is 13.6. The van der Waals surface area contributed by atoms with Gasteiger partial charge in [-0.3, -0.25) is 0 Å². The lowest BCUT2D eigenvalue weighted by atomic mass is 10.2. The molecule has 2 heteroatoms. The number of hydrogen-bond donors (Lipinski definition) is 1. The number of thioether (sulfide) groups is 1. The highest BCUT2D eigenvalue weighted by atomic mass is 32.2. The molecule has 1 aromatic carbocycles. The van der Waals surface area contributed by atoms with E-state index in [0.29, 0.717) is 0 Å². The van der Waals surface area contributed by atoms with Crippen LogP contribution in [0.2, 0.25) is 0 Å². The van der Waals surface area contributed by atoms with Gasteiger partial charge in [0.15, 0.2) is 0 Å². The number of rotatable bonds is 6. The molecule has 0 atom stereocenters. The molecule has 0 amide bonds. The number of aryl methyl sites for hydroxylation is 2. The van der Waals surface area contributed by atoms with Crippen molar-refractivity contribution in [2.24, 2.45) is 5.92 Å². The third-order valence-corrected chi connectivity index (χ3v) is 3.60. The van der Waals surface area contributed by atoms with Gasteiger partial charge >= 0.3 is 0 Å². The summed E-state index contributed by atoms with van der Waals surface area (Å²) >= 11 is 1.94. The van der Waals surface area contributed by atoms with Crippen molar-refractivity contribution in [2.45, 2.75) is 32.6 Å². The quantitative estimate of drug-likeness (QED) is 0.599. The summed E-state index contributed by atoms with van der Waals surface area (Å²) in [5.74, 6) is 1.89. The van der Waals surface area contributed by atoms with Crippen LogP contribution in [0.3, 0.4) is 0 Å². The largest absolute Gasteiger partial charge is 0.316 e. The molecule has 0 aliphatic carbocycles. The Kier molecular flexibility index (Phi) is 5.93. The van der Waals surface area contributed by atoms with Crippen molar-refractivity contribution < 1.29 is 0 Å². The van der Waals surface area contributed by atoms with Crippen LogP contribution in [0.25, 0.3) is 0 Å². The molecule has 1 rings (SSSR count). The fraction of sp³-hybridized carbons (Fsp3) is 0.571. The van der Waals surface area contributed by atoms with Crippen molar-refractivity contribution in [3.63, 3.8) is 0 Å². The van der Waals surface area contributed by atoms with Crippen molar-refractivity contribution in [1.29, 1.82) is 0 Å². The maximum absolute atomic E-state index is 3.47. The minimum atomic E-state index is 0.742. The van der Waals surface area contributed by atoms with Crippen LogP contribution < -0.4 is 5.32 Å². The molecule has 1 N–H and O–H groups in total. The highest BCUT2D eigenvalue weighted by Crippen LogP contribution is 2.22. The molecule has 1 nitrogen and oxygen atoms in total. The number of hydrogen-bond acceptors (Lipinski definition) is 2. The lowest BCUT2D eigenvalue weighted by Gasteiger charge is -2.08. The van der Waals surface area contributed by atoms with E-state index in [1.165, 1.54) is 16.0 Å². The molecule has 0 saturated carbocycles. The summed E-state index contributed by atoms with van der Waals surface area (Å²) in [5, 5.41) is 3.47. The normalized spacial score (nSPS) is 11.1. The Morgan fingerprint density at radius 1 is 1.25 bits per heavy atom. The minimum absolute atomic E-state index is 0.742. The fourth-order valence-electron chi connectivity index (χ4n) is 1.59. The van der Waals surface area contributed by atoms with E-state index in [1.54, 1.807) is 0 Å². The molecule has 0 fully saturated rings. The van der Waals surface area contributed by atoms with Crippen LogP contribution >= 0.6 is 11.8 Å². The Labute approximate surface area is 104 Å². The molecule has 0 aromatic heterocycles. The number of benzene rings is 1. The topological polar surface area (TPSA) is 12.0 Å². The van der Waals surface area contributed by atoms with E-state index in [1.807, 2.05) is 11.8 Å². The van der Waals surface area contributed by atoms with Crippen LogP contribution in [0, 0.1) is 19.8 Å². The van der Waals surface area contributed by atoms with Gasteiger partial charge in [0.2, 0.25) is 0 Å². The average Bonchev–Trinajstić information content (AvgIpc) is 2.20. The van der Waals surface area contributed by atoms with E-state index >= 15 is 0 Å². The smallest absolute Gasteiger partial charge is 0.0106 e. The molecule has 16 heavy (non-hydrogen) atoms. The highest BCUT2D eigenvalue weighted by molar-refractivity contribution is 7.99. The summed E-state index contributed by atoms with van der Waals surface area (Å²) in [4.78, 5) is 1.41. The Hall–Kier alpha value is -0.470. The second kappa shape index (κ2) is 6.97. The van der Waals surface area contributed by atoms with Crippen LogP contribution in [0.5, 0.6) is 0 Å². The van der Waals surface area contributed by atoms with Gasteiger partial charge in [0.1, 0.15) is 0 Å². The van der Waals surface area contributed by atoms with Gasteiger partial charge in [-0.2, -0.15) is 0 Å². The second-order valence-corrected chi connectivity index (χ2v) is 5.85. The zero-order valence-corrected chi connectivity index (χ0v) is 11.7. The van der Waals surface area contributed by atoms with E-state index in [4.69, 9.17) is 0 Å². The van der Waals surface area contributed by atoms with Gasteiger partial charge in [-0.25, -0.2) is 0 Å². The van der Waals surface area contributed by atoms with Crippen LogP contribution in [0.15, 0.2) is 23.1 Å². The SMILES string of the molecule is Cc1ccc(SCCNCC(C)C)c(C)c1. The lowest BCUT2D eigenvalue weighted by Crippen LogP contribution is -2.22. The van der Waals surface area contributed by atoms with E-state index < -0.39 is 0 Å². The molecular formula is C14H23NS. The molecule has 0 aliphatic heterocycles. The van der Waals surface area contributed by atoms with E-state index in [0.717, 1.165) is 24.8 Å². The van der Waals surface area contributed by atoms with E-state index in [2.05, 4.69) is 51.2 Å². The summed E-state index contributed by atoms with van der Waals surface area (Å²) in [5.41, 5.74) is 2.74. The Bertz CT molecular complexity index is 321. The summed E-state index contributed by atoms with van der Waals surface area (Å²) in [6, 6.07) is 6.68. The average molecular weight is 237 g/mol. The molecule has 1 aromatic rings. The summed E-state index contributed by atoms with van der Waals surface area (Å²) in [6.45, 7) is 11.0.